The van der Waals surface area contributed by atoms with Gasteiger partial charge in [-0.1, -0.05) is 0 Å². The number of nitrogens with two attached hydrogens (primary N) is 2. The molecule has 1 atom stereocenters. The first-order valence-electron chi connectivity index (χ1n) is 5.24. The molecule has 0 aliphatic carbocycles. The van der Waals surface area contributed by atoms with Gasteiger partial charge in [0.05, 0.1) is 6.73 Å². The van der Waals surface area contributed by atoms with Crippen LogP contribution in [0, 0.1) is 0 Å². The van der Waals surface area contributed by atoms with Gasteiger partial charge in [0.25, 0.3) is 0 Å². The Hall–Kier alpha value is -0.200. The van der Waals surface area contributed by atoms with E-state index in [4.69, 9.17) is 16.2 Å². The molecule has 0 aliphatic heterocycles. The van der Waals surface area contributed by atoms with Gasteiger partial charge in [0.1, 0.15) is 6.23 Å². The summed E-state index contributed by atoms with van der Waals surface area (Å²) in [6.45, 7) is 2.88. The van der Waals surface area contributed by atoms with Crippen LogP contribution in [-0.2, 0) is 4.74 Å². The molecule has 0 aromatic carbocycles. The molecule has 14 heavy (non-hydrogen) atoms. The highest BCUT2D eigenvalue weighted by molar-refractivity contribution is 4.57. The number of ether oxygens (including phenoxy) is 1. The molecule has 1 unspecified atom stereocenters. The standard InChI is InChI=1S/C9H24N4O/c1-12-8-14-9(4-2-5-10)13-7-3-6-11/h9,12-13H,2-8,10-11H2,1H3. The topological polar surface area (TPSA) is 85.3 Å². The Morgan fingerprint density at radius 3 is 2.50 bits per heavy atom. The first-order chi connectivity index (χ1) is 6.85. The van der Waals surface area contributed by atoms with Crippen LogP contribution in [0.4, 0.5) is 0 Å². The average molecular weight is 204 g/mol. The van der Waals surface area contributed by atoms with Gasteiger partial charge in [-0.15, -0.1) is 0 Å². The van der Waals surface area contributed by atoms with Crippen LogP contribution in [0.15, 0.2) is 0 Å². The summed E-state index contributed by atoms with van der Waals surface area (Å²) in [5.74, 6) is 0. The number of hydrogen-bond acceptors (Lipinski definition) is 5. The molecule has 0 amide bonds. The molecular weight excluding hydrogens is 180 g/mol. The molecule has 0 saturated heterocycles. The molecule has 0 aromatic heterocycles. The van der Waals surface area contributed by atoms with Crippen molar-refractivity contribution in [2.75, 3.05) is 33.4 Å². The second kappa shape index (κ2) is 10.9. The van der Waals surface area contributed by atoms with E-state index < -0.39 is 0 Å². The highest BCUT2D eigenvalue weighted by Crippen LogP contribution is 1.97. The maximum atomic E-state index is 5.52. The van der Waals surface area contributed by atoms with Gasteiger partial charge in [-0.2, -0.15) is 0 Å². The molecule has 0 aromatic rings. The fourth-order valence-electron chi connectivity index (χ4n) is 1.10. The molecule has 0 radical (unpaired) electrons. The molecule has 0 aliphatic rings. The van der Waals surface area contributed by atoms with Crippen LogP contribution in [0.25, 0.3) is 0 Å². The van der Waals surface area contributed by atoms with Gasteiger partial charge in [0.15, 0.2) is 0 Å². The van der Waals surface area contributed by atoms with E-state index in [1.165, 1.54) is 0 Å². The minimum Gasteiger partial charge on any atom is -0.348 e. The summed E-state index contributed by atoms with van der Waals surface area (Å²) in [7, 11) is 1.86. The van der Waals surface area contributed by atoms with E-state index in [1.807, 2.05) is 7.05 Å². The van der Waals surface area contributed by atoms with Gasteiger partial charge in [-0.3, -0.25) is 10.6 Å². The van der Waals surface area contributed by atoms with Crippen LogP contribution >= 0.6 is 0 Å². The highest BCUT2D eigenvalue weighted by Gasteiger charge is 2.05. The summed E-state index contributed by atoms with van der Waals surface area (Å²) in [5.41, 5.74) is 10.8. The monoisotopic (exact) mass is 204 g/mol. The third-order valence-corrected chi connectivity index (χ3v) is 1.85. The average Bonchev–Trinajstić information content (AvgIpc) is 2.21. The molecular formula is C9H24N4O. The lowest BCUT2D eigenvalue weighted by Crippen LogP contribution is -2.36. The van der Waals surface area contributed by atoms with E-state index >= 15 is 0 Å². The summed E-state index contributed by atoms with van der Waals surface area (Å²) in [5, 5.41) is 6.24. The maximum Gasteiger partial charge on any atom is 0.109 e. The molecule has 0 bridgehead atoms. The summed E-state index contributed by atoms with van der Waals surface area (Å²) in [4.78, 5) is 0. The van der Waals surface area contributed by atoms with E-state index in [-0.39, 0.29) is 6.23 Å². The van der Waals surface area contributed by atoms with Crippen molar-refractivity contribution < 1.29 is 4.74 Å². The number of rotatable bonds is 10. The van der Waals surface area contributed by atoms with Crippen LogP contribution in [0.2, 0.25) is 0 Å². The zero-order valence-electron chi connectivity index (χ0n) is 9.09. The van der Waals surface area contributed by atoms with Gasteiger partial charge in [-0.05, 0) is 45.9 Å². The predicted octanol–water partition coefficient (Wildman–Crippen LogP) is -0.817. The highest BCUT2D eigenvalue weighted by atomic mass is 16.5. The largest absolute Gasteiger partial charge is 0.348 e. The Labute approximate surface area is 86.6 Å². The second-order valence-corrected chi connectivity index (χ2v) is 3.18. The Morgan fingerprint density at radius 1 is 1.21 bits per heavy atom. The Balaban J connectivity index is 3.49. The molecule has 0 spiro atoms. The van der Waals surface area contributed by atoms with Crippen molar-refractivity contribution in [3.05, 3.63) is 0 Å². The fraction of sp³-hybridized carbons (Fsp3) is 1.00. The van der Waals surface area contributed by atoms with Crippen LogP contribution in [0.3, 0.4) is 0 Å². The second-order valence-electron chi connectivity index (χ2n) is 3.18. The van der Waals surface area contributed by atoms with Gasteiger partial charge in [0.2, 0.25) is 0 Å². The summed E-state index contributed by atoms with van der Waals surface area (Å²) >= 11 is 0. The van der Waals surface area contributed by atoms with Crippen LogP contribution in [0.1, 0.15) is 19.3 Å². The Bertz CT molecular complexity index is 105. The van der Waals surface area contributed by atoms with E-state index in [0.717, 1.165) is 25.8 Å². The lowest BCUT2D eigenvalue weighted by Gasteiger charge is -2.18. The first kappa shape index (κ1) is 13.8. The van der Waals surface area contributed by atoms with E-state index in [0.29, 0.717) is 19.8 Å². The van der Waals surface area contributed by atoms with Gasteiger partial charge < -0.3 is 16.2 Å². The fourth-order valence-corrected chi connectivity index (χ4v) is 1.10. The third-order valence-electron chi connectivity index (χ3n) is 1.85. The van der Waals surface area contributed by atoms with Crippen molar-refractivity contribution in [1.82, 2.24) is 10.6 Å². The van der Waals surface area contributed by atoms with Crippen molar-refractivity contribution in [3.63, 3.8) is 0 Å². The van der Waals surface area contributed by atoms with Crippen LogP contribution < -0.4 is 22.1 Å². The minimum absolute atomic E-state index is 0.0950. The molecule has 86 valence electrons. The quantitative estimate of drug-likeness (QED) is 0.276. The molecule has 0 fully saturated rings. The lowest BCUT2D eigenvalue weighted by molar-refractivity contribution is 0.0153. The first-order valence-corrected chi connectivity index (χ1v) is 5.24. The smallest absolute Gasteiger partial charge is 0.109 e. The molecule has 0 saturated carbocycles. The zero-order chi connectivity index (χ0) is 10.6. The molecule has 0 rings (SSSR count). The summed E-state index contributed by atoms with van der Waals surface area (Å²) in [6.07, 6.45) is 2.99. The third kappa shape index (κ3) is 8.40. The number of hydrogen-bond donors (Lipinski definition) is 4. The summed E-state index contributed by atoms with van der Waals surface area (Å²) in [6, 6.07) is 0. The van der Waals surface area contributed by atoms with Gasteiger partial charge in [0, 0.05) is 0 Å². The van der Waals surface area contributed by atoms with E-state index in [1.54, 1.807) is 0 Å². The van der Waals surface area contributed by atoms with Gasteiger partial charge >= 0.3 is 0 Å². The van der Waals surface area contributed by atoms with Crippen molar-refractivity contribution in [3.8, 4) is 0 Å². The van der Waals surface area contributed by atoms with Crippen LogP contribution in [-0.4, -0.2) is 39.6 Å². The van der Waals surface area contributed by atoms with E-state index in [2.05, 4.69) is 10.6 Å². The summed E-state index contributed by atoms with van der Waals surface area (Å²) < 4.78 is 5.52. The van der Waals surface area contributed by atoms with Crippen molar-refractivity contribution in [2.24, 2.45) is 11.5 Å². The Morgan fingerprint density at radius 2 is 1.93 bits per heavy atom. The maximum absolute atomic E-state index is 5.52. The molecule has 6 N–H and O–H groups in total. The number of nitrogens with one attached hydrogen (secondary N) is 2. The molecule has 5 nitrogen and oxygen atoms in total. The zero-order valence-corrected chi connectivity index (χ0v) is 9.09. The van der Waals surface area contributed by atoms with Crippen LogP contribution in [0.5, 0.6) is 0 Å². The van der Waals surface area contributed by atoms with E-state index in [9.17, 15) is 0 Å². The minimum atomic E-state index is 0.0950. The van der Waals surface area contributed by atoms with Crippen molar-refractivity contribution in [1.29, 1.82) is 0 Å². The normalized spacial score (nSPS) is 13.1. The molecule has 5 heteroatoms. The predicted molar refractivity (Wildman–Crippen MR) is 58.8 cm³/mol. The van der Waals surface area contributed by atoms with Crippen molar-refractivity contribution in [2.45, 2.75) is 25.5 Å². The van der Waals surface area contributed by atoms with Gasteiger partial charge in [-0.25, -0.2) is 0 Å². The Kier molecular flexibility index (Phi) is 10.7. The SMILES string of the molecule is CNCOC(CCCN)NCCCN. The molecule has 0 heterocycles. The van der Waals surface area contributed by atoms with Crippen molar-refractivity contribution >= 4 is 0 Å². The lowest BCUT2D eigenvalue weighted by atomic mass is 10.2.